The summed E-state index contributed by atoms with van der Waals surface area (Å²) in [6.07, 6.45) is 3.85. The molecule has 2 aromatic carbocycles. The lowest BCUT2D eigenvalue weighted by atomic mass is 10.1. The van der Waals surface area contributed by atoms with E-state index in [1.165, 1.54) is 11.8 Å². The van der Waals surface area contributed by atoms with Gasteiger partial charge in [0.1, 0.15) is 23.0 Å². The largest absolute Gasteiger partial charge is 0.497 e. The number of amides is 1. The fraction of sp³-hybridized carbons (Fsp3) is 0.227. The molecule has 3 rings (SSSR count). The Balaban J connectivity index is 1.48. The summed E-state index contributed by atoms with van der Waals surface area (Å²) >= 11 is 0. The molecule has 1 aromatic heterocycles. The number of nitrogens with one attached hydrogen (secondary N) is 2. The second-order valence-corrected chi connectivity index (χ2v) is 6.22. The summed E-state index contributed by atoms with van der Waals surface area (Å²) in [6.45, 7) is 3.23. The number of ether oxygens (including phenoxy) is 2. The number of nitrogens with zero attached hydrogens (tertiary/aromatic N) is 2. The molecule has 0 saturated carbocycles. The van der Waals surface area contributed by atoms with Crippen molar-refractivity contribution in [2.24, 2.45) is 0 Å². The van der Waals surface area contributed by atoms with E-state index in [4.69, 9.17) is 9.47 Å². The van der Waals surface area contributed by atoms with Gasteiger partial charge < -0.3 is 20.1 Å². The number of carbonyl (C=O) groups is 1. The highest BCUT2D eigenvalue weighted by Gasteiger charge is 2.09. The van der Waals surface area contributed by atoms with Crippen LogP contribution in [0.3, 0.4) is 0 Å². The maximum atomic E-state index is 12.3. The highest BCUT2D eigenvalue weighted by molar-refractivity contribution is 6.02. The molecule has 7 heteroatoms. The normalized spacial score (nSPS) is 10.3. The molecule has 0 aliphatic carbocycles. The van der Waals surface area contributed by atoms with Crippen molar-refractivity contribution < 1.29 is 14.3 Å². The number of carbonyl (C=O) groups excluding carboxylic acids is 1. The van der Waals surface area contributed by atoms with Crippen molar-refractivity contribution in [1.82, 2.24) is 9.97 Å². The van der Waals surface area contributed by atoms with Gasteiger partial charge in [-0.15, -0.1) is 0 Å². The number of benzene rings is 2. The van der Waals surface area contributed by atoms with Crippen LogP contribution in [0, 0.1) is 0 Å². The minimum Gasteiger partial charge on any atom is -0.497 e. The summed E-state index contributed by atoms with van der Waals surface area (Å²) in [5.41, 5.74) is 2.11. The van der Waals surface area contributed by atoms with E-state index in [1.54, 1.807) is 37.6 Å². The third kappa shape index (κ3) is 5.93. The number of hydrogen-bond acceptors (Lipinski definition) is 6. The summed E-state index contributed by atoms with van der Waals surface area (Å²) in [6, 6.07) is 15.1. The summed E-state index contributed by atoms with van der Waals surface area (Å²) in [7, 11) is 1.65. The van der Waals surface area contributed by atoms with Crippen LogP contribution in [0.2, 0.25) is 0 Å². The van der Waals surface area contributed by atoms with Gasteiger partial charge in [0.05, 0.1) is 26.1 Å². The molecule has 1 heterocycles. The Morgan fingerprint density at radius 1 is 0.966 bits per heavy atom. The quantitative estimate of drug-likeness (QED) is 0.576. The van der Waals surface area contributed by atoms with Crippen LogP contribution in [0.5, 0.6) is 11.5 Å². The number of rotatable bonds is 9. The van der Waals surface area contributed by atoms with Crippen LogP contribution < -0.4 is 20.1 Å². The maximum Gasteiger partial charge on any atom is 0.275 e. The van der Waals surface area contributed by atoms with Gasteiger partial charge in [-0.25, -0.2) is 9.97 Å². The summed E-state index contributed by atoms with van der Waals surface area (Å²) < 4.78 is 10.5. The van der Waals surface area contributed by atoms with E-state index in [0.717, 1.165) is 17.9 Å². The van der Waals surface area contributed by atoms with E-state index < -0.39 is 0 Å². The number of aromatic nitrogens is 2. The molecular weight excluding hydrogens is 368 g/mol. The van der Waals surface area contributed by atoms with Crippen LogP contribution in [-0.4, -0.2) is 36.1 Å². The zero-order chi connectivity index (χ0) is 20.5. The van der Waals surface area contributed by atoms with Gasteiger partial charge in [0.15, 0.2) is 0 Å². The maximum absolute atomic E-state index is 12.3. The first-order valence-electron chi connectivity index (χ1n) is 9.41. The number of hydrogen-bond donors (Lipinski definition) is 2. The van der Waals surface area contributed by atoms with Crippen molar-refractivity contribution in [2.45, 2.75) is 13.3 Å². The summed E-state index contributed by atoms with van der Waals surface area (Å²) in [5, 5.41) is 6.00. The molecule has 0 bridgehead atoms. The van der Waals surface area contributed by atoms with Crippen LogP contribution in [0.15, 0.2) is 60.9 Å². The first-order valence-corrected chi connectivity index (χ1v) is 9.41. The van der Waals surface area contributed by atoms with E-state index >= 15 is 0 Å². The standard InChI is InChI=1S/C22H24N4O3/c1-3-29-19-10-6-17(7-11-19)26-22(27)20-14-25-21(15-24-20)23-13-12-16-4-8-18(28-2)9-5-16/h4-11,14-15H,3,12-13H2,1-2H3,(H,23,25)(H,26,27). The second-order valence-electron chi connectivity index (χ2n) is 6.22. The molecule has 0 spiro atoms. The van der Waals surface area contributed by atoms with Gasteiger partial charge in [0.25, 0.3) is 5.91 Å². The van der Waals surface area contributed by atoms with Gasteiger partial charge in [-0.2, -0.15) is 0 Å². The smallest absolute Gasteiger partial charge is 0.275 e. The van der Waals surface area contributed by atoms with Gasteiger partial charge in [-0.05, 0) is 55.3 Å². The molecule has 0 aliphatic rings. The minimum atomic E-state index is -0.313. The average molecular weight is 392 g/mol. The van der Waals surface area contributed by atoms with Crippen molar-refractivity contribution in [1.29, 1.82) is 0 Å². The molecule has 1 amide bonds. The van der Waals surface area contributed by atoms with E-state index in [9.17, 15) is 4.79 Å². The zero-order valence-electron chi connectivity index (χ0n) is 16.5. The second kappa shape index (κ2) is 10.1. The molecule has 7 nitrogen and oxygen atoms in total. The van der Waals surface area contributed by atoms with Gasteiger partial charge in [-0.3, -0.25) is 4.79 Å². The lowest BCUT2D eigenvalue weighted by molar-refractivity contribution is 0.102. The Morgan fingerprint density at radius 2 is 1.69 bits per heavy atom. The first kappa shape index (κ1) is 20.1. The van der Waals surface area contributed by atoms with Gasteiger partial charge >= 0.3 is 0 Å². The van der Waals surface area contributed by atoms with E-state index in [0.29, 0.717) is 24.7 Å². The van der Waals surface area contributed by atoms with Crippen molar-refractivity contribution in [3.05, 3.63) is 72.2 Å². The predicted octanol–water partition coefficient (Wildman–Crippen LogP) is 3.79. The van der Waals surface area contributed by atoms with Crippen LogP contribution in [-0.2, 0) is 6.42 Å². The first-order chi connectivity index (χ1) is 14.2. The highest BCUT2D eigenvalue weighted by Crippen LogP contribution is 2.16. The highest BCUT2D eigenvalue weighted by atomic mass is 16.5. The summed E-state index contributed by atoms with van der Waals surface area (Å²) in [4.78, 5) is 20.8. The molecular formula is C22H24N4O3. The molecule has 0 aliphatic heterocycles. The van der Waals surface area contributed by atoms with Gasteiger partial charge in [0.2, 0.25) is 0 Å². The molecule has 0 fully saturated rings. The molecule has 0 radical (unpaired) electrons. The van der Waals surface area contributed by atoms with E-state index in [-0.39, 0.29) is 11.6 Å². The molecule has 0 atom stereocenters. The lowest BCUT2D eigenvalue weighted by Crippen LogP contribution is -2.15. The number of methoxy groups -OCH3 is 1. The Morgan fingerprint density at radius 3 is 2.31 bits per heavy atom. The van der Waals surface area contributed by atoms with Crippen LogP contribution >= 0.6 is 0 Å². The van der Waals surface area contributed by atoms with Crippen LogP contribution in [0.4, 0.5) is 11.5 Å². The zero-order valence-corrected chi connectivity index (χ0v) is 16.5. The predicted molar refractivity (Wildman–Crippen MR) is 113 cm³/mol. The van der Waals surface area contributed by atoms with E-state index in [1.807, 2.05) is 31.2 Å². The Bertz CT molecular complexity index is 910. The van der Waals surface area contributed by atoms with Crippen molar-refractivity contribution in [3.63, 3.8) is 0 Å². The minimum absolute atomic E-state index is 0.250. The van der Waals surface area contributed by atoms with Crippen LogP contribution in [0.25, 0.3) is 0 Å². The summed E-state index contributed by atoms with van der Waals surface area (Å²) in [5.74, 6) is 1.91. The topological polar surface area (TPSA) is 85.4 Å². The van der Waals surface area contributed by atoms with Crippen molar-refractivity contribution >= 4 is 17.4 Å². The molecule has 150 valence electrons. The third-order valence-electron chi connectivity index (χ3n) is 4.19. The molecule has 0 saturated heterocycles. The van der Waals surface area contributed by atoms with Gasteiger partial charge in [-0.1, -0.05) is 12.1 Å². The fourth-order valence-corrected chi connectivity index (χ4v) is 2.66. The lowest BCUT2D eigenvalue weighted by Gasteiger charge is -2.08. The number of anilines is 2. The third-order valence-corrected chi connectivity index (χ3v) is 4.19. The monoisotopic (exact) mass is 392 g/mol. The molecule has 0 unspecified atom stereocenters. The van der Waals surface area contributed by atoms with Gasteiger partial charge in [0, 0.05) is 12.2 Å². The van der Waals surface area contributed by atoms with Crippen molar-refractivity contribution in [3.8, 4) is 11.5 Å². The SMILES string of the molecule is CCOc1ccc(NC(=O)c2cnc(NCCc3ccc(OC)cc3)cn2)cc1. The van der Waals surface area contributed by atoms with Crippen molar-refractivity contribution in [2.75, 3.05) is 30.9 Å². The Kier molecular flexibility index (Phi) is 7.00. The average Bonchev–Trinajstić information content (AvgIpc) is 2.76. The Hall–Kier alpha value is -3.61. The molecule has 3 aromatic rings. The molecule has 2 N–H and O–H groups in total. The van der Waals surface area contributed by atoms with E-state index in [2.05, 4.69) is 20.6 Å². The fourth-order valence-electron chi connectivity index (χ4n) is 2.66. The van der Waals surface area contributed by atoms with Crippen LogP contribution in [0.1, 0.15) is 23.0 Å². The Labute approximate surface area is 170 Å². The molecule has 29 heavy (non-hydrogen) atoms.